The molecule has 0 unspecified atom stereocenters. The fourth-order valence-corrected chi connectivity index (χ4v) is 5.70. The molecule has 0 atom stereocenters. The zero-order chi connectivity index (χ0) is 26.1. The van der Waals surface area contributed by atoms with E-state index in [1.807, 2.05) is 18.2 Å². The molecule has 1 saturated heterocycles. The Balaban J connectivity index is 1.65. The van der Waals surface area contributed by atoms with Gasteiger partial charge in [-0.2, -0.15) is 0 Å². The monoisotopic (exact) mass is 512 g/mol. The molecule has 36 heavy (non-hydrogen) atoms. The molecule has 1 fully saturated rings. The van der Waals surface area contributed by atoms with Crippen LogP contribution in [0.25, 0.3) is 11.0 Å². The highest BCUT2D eigenvalue weighted by Crippen LogP contribution is 2.32. The Morgan fingerprint density at radius 2 is 1.81 bits per heavy atom. The first-order valence-corrected chi connectivity index (χ1v) is 13.9. The first-order valence-electron chi connectivity index (χ1n) is 12.5. The molecule has 4 rings (SSSR count). The second-order valence-electron chi connectivity index (χ2n) is 10.4. The van der Waals surface area contributed by atoms with E-state index in [0.29, 0.717) is 23.7 Å². The van der Waals surface area contributed by atoms with Crippen LogP contribution >= 0.6 is 0 Å². The zero-order valence-electron chi connectivity index (χ0n) is 21.7. The molecule has 0 aliphatic carbocycles. The number of aromatic nitrogens is 2. The van der Waals surface area contributed by atoms with Gasteiger partial charge in [0.1, 0.15) is 5.82 Å². The predicted octanol–water partition coefficient (Wildman–Crippen LogP) is 4.93. The van der Waals surface area contributed by atoms with Crippen molar-refractivity contribution in [2.24, 2.45) is 5.92 Å². The third kappa shape index (κ3) is 5.42. The van der Waals surface area contributed by atoms with Gasteiger partial charge in [0.2, 0.25) is 5.91 Å². The number of fused-ring (bicyclic) bond motifs is 1. The van der Waals surface area contributed by atoms with Gasteiger partial charge in [0.25, 0.3) is 10.0 Å². The van der Waals surface area contributed by atoms with Gasteiger partial charge in [-0.3, -0.25) is 9.10 Å². The van der Waals surface area contributed by atoms with Crippen LogP contribution in [0, 0.1) is 5.92 Å². The van der Waals surface area contributed by atoms with Crippen LogP contribution in [0.3, 0.4) is 0 Å². The normalized spacial score (nSPS) is 15.2. The van der Waals surface area contributed by atoms with Crippen molar-refractivity contribution in [2.75, 3.05) is 29.9 Å². The zero-order valence-corrected chi connectivity index (χ0v) is 22.6. The molecule has 2 heterocycles. The average molecular weight is 513 g/mol. The van der Waals surface area contributed by atoms with Gasteiger partial charge in [-0.15, -0.1) is 0 Å². The molecule has 0 spiro atoms. The maximum absolute atomic E-state index is 13.4. The molecular weight excluding hydrogens is 476 g/mol. The lowest BCUT2D eigenvalue weighted by Crippen LogP contribution is -2.26. The number of hydrogen-bond donors (Lipinski definition) is 1. The van der Waals surface area contributed by atoms with Crippen molar-refractivity contribution in [1.82, 2.24) is 9.55 Å². The highest BCUT2D eigenvalue weighted by atomic mass is 32.2. The van der Waals surface area contributed by atoms with Crippen LogP contribution < -0.4 is 9.62 Å². The SMILES string of the molecule is CCC(=O)Nc1ccc(S(=O)(=O)N(C)c2ccc3c(c2)nc(C(C)(C)C)n3CC2CCOCC2)cc1. The first kappa shape index (κ1) is 26.2. The van der Waals surface area contributed by atoms with E-state index in [4.69, 9.17) is 9.72 Å². The second kappa shape index (κ2) is 10.2. The van der Waals surface area contributed by atoms with Crippen LogP contribution in [0.1, 0.15) is 52.8 Å². The summed E-state index contributed by atoms with van der Waals surface area (Å²) in [6, 6.07) is 11.9. The minimum Gasteiger partial charge on any atom is -0.381 e. The third-order valence-corrected chi connectivity index (χ3v) is 8.47. The van der Waals surface area contributed by atoms with Crippen molar-refractivity contribution in [2.45, 2.75) is 63.8 Å². The number of benzene rings is 2. The van der Waals surface area contributed by atoms with Crippen LogP contribution in [0.5, 0.6) is 0 Å². The van der Waals surface area contributed by atoms with Crippen LogP contribution in [-0.2, 0) is 31.5 Å². The van der Waals surface area contributed by atoms with Crippen molar-refractivity contribution >= 4 is 38.3 Å². The minimum atomic E-state index is -3.79. The summed E-state index contributed by atoms with van der Waals surface area (Å²) in [5, 5.41) is 2.74. The van der Waals surface area contributed by atoms with Gasteiger partial charge in [0.05, 0.1) is 21.6 Å². The summed E-state index contributed by atoms with van der Waals surface area (Å²) in [6.45, 7) is 10.7. The number of amides is 1. The van der Waals surface area contributed by atoms with E-state index in [1.54, 1.807) is 26.1 Å². The number of carbonyl (C=O) groups excluding carboxylic acids is 1. The Kier molecular flexibility index (Phi) is 7.43. The van der Waals surface area contributed by atoms with E-state index in [9.17, 15) is 13.2 Å². The van der Waals surface area contributed by atoms with Crippen LogP contribution in [0.15, 0.2) is 47.4 Å². The maximum Gasteiger partial charge on any atom is 0.264 e. The number of sulfonamides is 1. The summed E-state index contributed by atoms with van der Waals surface area (Å²) in [6.07, 6.45) is 2.42. The number of rotatable bonds is 7. The molecule has 8 nitrogen and oxygen atoms in total. The molecule has 194 valence electrons. The minimum absolute atomic E-state index is 0.123. The Labute approximate surface area is 213 Å². The van der Waals surface area contributed by atoms with Gasteiger partial charge < -0.3 is 14.6 Å². The molecule has 1 aliphatic rings. The Morgan fingerprint density at radius 1 is 1.14 bits per heavy atom. The summed E-state index contributed by atoms with van der Waals surface area (Å²) in [5.41, 5.74) is 2.75. The molecule has 9 heteroatoms. The van der Waals surface area contributed by atoms with Gasteiger partial charge in [0.15, 0.2) is 0 Å². The summed E-state index contributed by atoms with van der Waals surface area (Å²) in [5.74, 6) is 1.41. The third-order valence-electron chi connectivity index (χ3n) is 6.67. The quantitative estimate of drug-likeness (QED) is 0.484. The van der Waals surface area contributed by atoms with E-state index >= 15 is 0 Å². The van der Waals surface area contributed by atoms with E-state index in [0.717, 1.165) is 49.5 Å². The summed E-state index contributed by atoms with van der Waals surface area (Å²) < 4.78 is 35.8. The molecular formula is C27H36N4O4S. The number of carbonyl (C=O) groups is 1. The van der Waals surface area contributed by atoms with E-state index < -0.39 is 10.0 Å². The van der Waals surface area contributed by atoms with Crippen LogP contribution in [-0.4, -0.2) is 44.1 Å². The predicted molar refractivity (Wildman–Crippen MR) is 143 cm³/mol. The first-order chi connectivity index (χ1) is 17.0. The van der Waals surface area contributed by atoms with Gasteiger partial charge in [-0.1, -0.05) is 27.7 Å². The second-order valence-corrected chi connectivity index (χ2v) is 12.4. The number of anilines is 2. The van der Waals surface area contributed by atoms with Crippen molar-refractivity contribution in [3.63, 3.8) is 0 Å². The number of imidazole rings is 1. The summed E-state index contributed by atoms with van der Waals surface area (Å²) >= 11 is 0. The smallest absolute Gasteiger partial charge is 0.264 e. The molecule has 2 aromatic carbocycles. The van der Waals surface area contributed by atoms with Gasteiger partial charge >= 0.3 is 0 Å². The Hall–Kier alpha value is -2.91. The lowest BCUT2D eigenvalue weighted by atomic mass is 9.94. The summed E-state index contributed by atoms with van der Waals surface area (Å²) in [4.78, 5) is 16.7. The van der Waals surface area contributed by atoms with Crippen molar-refractivity contribution in [3.05, 3.63) is 48.3 Å². The van der Waals surface area contributed by atoms with Crippen molar-refractivity contribution < 1.29 is 17.9 Å². The Bertz CT molecular complexity index is 1330. The lowest BCUT2D eigenvalue weighted by molar-refractivity contribution is -0.115. The molecule has 1 aromatic heterocycles. The molecule has 0 radical (unpaired) electrons. The van der Waals surface area contributed by atoms with Crippen LogP contribution in [0.2, 0.25) is 0 Å². The van der Waals surface area contributed by atoms with E-state index in [-0.39, 0.29) is 16.2 Å². The van der Waals surface area contributed by atoms with Crippen molar-refractivity contribution in [3.8, 4) is 0 Å². The molecule has 1 amide bonds. The van der Waals surface area contributed by atoms with Gasteiger partial charge in [-0.25, -0.2) is 13.4 Å². The molecule has 0 bridgehead atoms. The topological polar surface area (TPSA) is 93.5 Å². The number of nitrogens with one attached hydrogen (secondary N) is 1. The highest BCUT2D eigenvalue weighted by molar-refractivity contribution is 7.92. The lowest BCUT2D eigenvalue weighted by Gasteiger charge is -2.26. The number of nitrogens with zero attached hydrogens (tertiary/aromatic N) is 3. The van der Waals surface area contributed by atoms with Gasteiger partial charge in [0, 0.05) is 44.3 Å². The molecule has 3 aromatic rings. The number of ether oxygens (including phenoxy) is 1. The van der Waals surface area contributed by atoms with Crippen LogP contribution in [0.4, 0.5) is 11.4 Å². The molecule has 0 saturated carbocycles. The summed E-state index contributed by atoms with van der Waals surface area (Å²) in [7, 11) is -2.25. The Morgan fingerprint density at radius 3 is 2.42 bits per heavy atom. The van der Waals surface area contributed by atoms with E-state index in [1.165, 1.54) is 16.4 Å². The van der Waals surface area contributed by atoms with Crippen molar-refractivity contribution in [1.29, 1.82) is 0 Å². The van der Waals surface area contributed by atoms with Gasteiger partial charge in [-0.05, 0) is 61.2 Å². The molecule has 1 N–H and O–H groups in total. The fraction of sp³-hybridized carbons (Fsp3) is 0.481. The van der Waals surface area contributed by atoms with E-state index in [2.05, 4.69) is 30.7 Å². The highest BCUT2D eigenvalue weighted by Gasteiger charge is 2.27. The maximum atomic E-state index is 13.4. The largest absolute Gasteiger partial charge is 0.381 e. The standard InChI is InChI=1S/C27H36N4O4S/c1-6-25(32)28-20-7-10-22(11-8-20)36(33,34)30(5)21-9-12-24-23(17-21)29-26(27(2,3)4)31(24)18-19-13-15-35-16-14-19/h7-12,17,19H,6,13-16,18H2,1-5H3,(H,28,32). The average Bonchev–Trinajstić information content (AvgIpc) is 3.22. The number of hydrogen-bond acceptors (Lipinski definition) is 5. The molecule has 1 aliphatic heterocycles. The fourth-order valence-electron chi connectivity index (χ4n) is 4.52.